The Bertz CT molecular complexity index is 1030. The molecule has 134 valence electrons. The van der Waals surface area contributed by atoms with Gasteiger partial charge in [-0.3, -0.25) is 4.79 Å². The first-order chi connectivity index (χ1) is 13.0. The number of nitrogens with zero attached hydrogens (tertiary/aromatic N) is 3. The van der Waals surface area contributed by atoms with Gasteiger partial charge in [0, 0.05) is 17.4 Å². The van der Waals surface area contributed by atoms with Crippen molar-refractivity contribution in [3.05, 3.63) is 82.7 Å². The van der Waals surface area contributed by atoms with Gasteiger partial charge in [0.1, 0.15) is 11.6 Å². The second kappa shape index (κ2) is 7.71. The summed E-state index contributed by atoms with van der Waals surface area (Å²) in [7, 11) is 0. The molecule has 0 fully saturated rings. The average molecular weight is 356 g/mol. The summed E-state index contributed by atoms with van der Waals surface area (Å²) in [4.78, 5) is 12.6. The van der Waals surface area contributed by atoms with Crippen LogP contribution in [0.15, 0.2) is 60.4 Å². The highest BCUT2D eigenvalue weighted by molar-refractivity contribution is 6.10. The molecule has 1 N–H and O–H groups in total. The maximum Gasteiger partial charge on any atom is 0.266 e. The lowest BCUT2D eigenvalue weighted by atomic mass is 10.0. The molecule has 5 nitrogen and oxygen atoms in total. The Morgan fingerprint density at radius 2 is 1.81 bits per heavy atom. The minimum atomic E-state index is -0.431. The number of hydrogen-bond acceptors (Lipinski definition) is 3. The molecular weight excluding hydrogens is 336 g/mol. The number of hydrogen-bond donors (Lipinski definition) is 1. The monoisotopic (exact) mass is 356 g/mol. The molecule has 1 amide bonds. The predicted molar refractivity (Wildman–Crippen MR) is 106 cm³/mol. The number of benzene rings is 2. The van der Waals surface area contributed by atoms with E-state index < -0.39 is 5.91 Å². The number of rotatable bonds is 4. The molecule has 0 spiro atoms. The fourth-order valence-corrected chi connectivity index (χ4v) is 3.01. The lowest BCUT2D eigenvalue weighted by Gasteiger charge is -2.12. The van der Waals surface area contributed by atoms with Gasteiger partial charge in [0.2, 0.25) is 0 Å². The van der Waals surface area contributed by atoms with Crippen molar-refractivity contribution in [3.63, 3.8) is 0 Å². The van der Waals surface area contributed by atoms with Crippen molar-refractivity contribution in [1.29, 1.82) is 5.26 Å². The van der Waals surface area contributed by atoms with Crippen LogP contribution in [-0.4, -0.2) is 15.7 Å². The van der Waals surface area contributed by atoms with Gasteiger partial charge in [0.15, 0.2) is 0 Å². The van der Waals surface area contributed by atoms with Crippen LogP contribution in [0.3, 0.4) is 0 Å². The van der Waals surface area contributed by atoms with E-state index in [1.165, 1.54) is 0 Å². The van der Waals surface area contributed by atoms with E-state index in [0.29, 0.717) is 5.56 Å². The van der Waals surface area contributed by atoms with Gasteiger partial charge < -0.3 is 5.32 Å². The molecule has 27 heavy (non-hydrogen) atoms. The molecule has 3 rings (SSSR count). The highest BCUT2D eigenvalue weighted by Gasteiger charge is 2.13. The molecule has 1 aromatic heterocycles. The molecular formula is C22H20N4O. The van der Waals surface area contributed by atoms with Crippen molar-refractivity contribution in [2.75, 3.05) is 5.32 Å². The van der Waals surface area contributed by atoms with E-state index in [-0.39, 0.29) is 5.57 Å². The molecule has 2 aromatic carbocycles. The lowest BCUT2D eigenvalue weighted by Crippen LogP contribution is -2.15. The Labute approximate surface area is 158 Å². The van der Waals surface area contributed by atoms with Crippen molar-refractivity contribution in [3.8, 4) is 11.8 Å². The van der Waals surface area contributed by atoms with Crippen LogP contribution in [0, 0.1) is 32.1 Å². The smallest absolute Gasteiger partial charge is 0.266 e. The third-order valence-corrected chi connectivity index (χ3v) is 4.21. The van der Waals surface area contributed by atoms with Crippen LogP contribution in [0.4, 0.5) is 5.69 Å². The molecule has 1 heterocycles. The van der Waals surface area contributed by atoms with Crippen molar-refractivity contribution >= 4 is 17.7 Å². The molecule has 0 unspecified atom stereocenters. The maximum atomic E-state index is 12.6. The third kappa shape index (κ3) is 4.13. The molecule has 0 aliphatic carbocycles. The molecule has 3 aromatic rings. The fraction of sp³-hybridized carbons (Fsp3) is 0.136. The van der Waals surface area contributed by atoms with Gasteiger partial charge in [0.25, 0.3) is 5.91 Å². The third-order valence-electron chi connectivity index (χ3n) is 4.21. The van der Waals surface area contributed by atoms with Crippen molar-refractivity contribution in [2.24, 2.45) is 0 Å². The predicted octanol–water partition coefficient (Wildman–Crippen LogP) is 4.34. The van der Waals surface area contributed by atoms with E-state index in [9.17, 15) is 10.1 Å². The molecule has 0 atom stereocenters. The summed E-state index contributed by atoms with van der Waals surface area (Å²) in [6.45, 7) is 5.89. The maximum absolute atomic E-state index is 12.6. The SMILES string of the molecule is Cc1cc(C)c(NC(=O)/C(C#N)=C/c2cnn(-c3ccccc3)c2)c(C)c1. The van der Waals surface area contributed by atoms with E-state index in [1.54, 1.807) is 23.2 Å². The van der Waals surface area contributed by atoms with Gasteiger partial charge in [-0.15, -0.1) is 0 Å². The van der Waals surface area contributed by atoms with Crippen LogP contribution in [0.2, 0.25) is 0 Å². The zero-order valence-electron chi connectivity index (χ0n) is 15.5. The molecule has 5 heteroatoms. The minimum absolute atomic E-state index is 0.0296. The van der Waals surface area contributed by atoms with Crippen molar-refractivity contribution < 1.29 is 4.79 Å². The number of para-hydroxylation sites is 1. The van der Waals surface area contributed by atoms with Gasteiger partial charge >= 0.3 is 0 Å². The summed E-state index contributed by atoms with van der Waals surface area (Å²) < 4.78 is 1.70. The van der Waals surface area contributed by atoms with Crippen LogP contribution in [0.25, 0.3) is 11.8 Å². The lowest BCUT2D eigenvalue weighted by molar-refractivity contribution is -0.112. The van der Waals surface area contributed by atoms with Gasteiger partial charge in [-0.05, 0) is 50.1 Å². The normalized spacial score (nSPS) is 11.1. The molecule has 0 saturated carbocycles. The summed E-state index contributed by atoms with van der Waals surface area (Å²) in [5, 5.41) is 16.6. The van der Waals surface area contributed by atoms with Gasteiger partial charge in [0.05, 0.1) is 11.9 Å². The minimum Gasteiger partial charge on any atom is -0.321 e. The number of nitriles is 1. The Hall–Kier alpha value is -3.65. The molecule has 0 bridgehead atoms. The van der Waals surface area contributed by atoms with Crippen molar-refractivity contribution in [2.45, 2.75) is 20.8 Å². The molecule has 0 aliphatic heterocycles. The number of anilines is 1. The summed E-state index contributed by atoms with van der Waals surface area (Å²) in [6.07, 6.45) is 4.95. The Morgan fingerprint density at radius 1 is 1.15 bits per heavy atom. The number of aromatic nitrogens is 2. The molecule has 0 aliphatic rings. The van der Waals surface area contributed by atoms with Crippen LogP contribution >= 0.6 is 0 Å². The number of carbonyl (C=O) groups excluding carboxylic acids is 1. The number of amides is 1. The number of nitrogens with one attached hydrogen (secondary N) is 1. The van der Waals surface area contributed by atoms with Crippen LogP contribution in [-0.2, 0) is 4.79 Å². The van der Waals surface area contributed by atoms with E-state index in [1.807, 2.05) is 69.3 Å². The van der Waals surface area contributed by atoms with Crippen molar-refractivity contribution in [1.82, 2.24) is 9.78 Å². The summed E-state index contributed by atoms with van der Waals surface area (Å²) in [5.41, 5.74) is 5.43. The second-order valence-corrected chi connectivity index (χ2v) is 6.45. The topological polar surface area (TPSA) is 70.7 Å². The Balaban J connectivity index is 1.84. The zero-order chi connectivity index (χ0) is 19.4. The van der Waals surface area contributed by atoms with Crippen LogP contribution < -0.4 is 5.32 Å². The number of carbonyl (C=O) groups is 1. The van der Waals surface area contributed by atoms with Crippen LogP contribution in [0.5, 0.6) is 0 Å². The van der Waals surface area contributed by atoms with Gasteiger partial charge in [-0.2, -0.15) is 10.4 Å². The molecule has 0 saturated heterocycles. The Morgan fingerprint density at radius 3 is 2.44 bits per heavy atom. The first-order valence-electron chi connectivity index (χ1n) is 8.59. The fourth-order valence-electron chi connectivity index (χ4n) is 3.01. The van der Waals surface area contributed by atoms with Gasteiger partial charge in [-0.25, -0.2) is 4.68 Å². The summed E-state index contributed by atoms with van der Waals surface area (Å²) in [5.74, 6) is -0.431. The van der Waals surface area contributed by atoms with E-state index in [4.69, 9.17) is 0 Å². The summed E-state index contributed by atoms with van der Waals surface area (Å²) in [6, 6.07) is 15.6. The zero-order valence-corrected chi connectivity index (χ0v) is 15.5. The highest BCUT2D eigenvalue weighted by atomic mass is 16.1. The summed E-state index contributed by atoms with van der Waals surface area (Å²) >= 11 is 0. The first kappa shape index (κ1) is 18.2. The first-order valence-corrected chi connectivity index (χ1v) is 8.59. The number of aryl methyl sites for hydroxylation is 3. The van der Waals surface area contributed by atoms with Gasteiger partial charge in [-0.1, -0.05) is 35.9 Å². The van der Waals surface area contributed by atoms with E-state index >= 15 is 0 Å². The average Bonchev–Trinajstić information content (AvgIpc) is 3.12. The standard InChI is InChI=1S/C22H20N4O/c1-15-9-16(2)21(17(3)10-15)25-22(27)19(12-23)11-18-13-24-26(14-18)20-7-5-4-6-8-20/h4-11,13-14H,1-3H3,(H,25,27)/b19-11+. The highest BCUT2D eigenvalue weighted by Crippen LogP contribution is 2.22. The second-order valence-electron chi connectivity index (χ2n) is 6.45. The quantitative estimate of drug-likeness (QED) is 0.558. The van der Waals surface area contributed by atoms with E-state index in [2.05, 4.69) is 10.4 Å². The molecule has 0 radical (unpaired) electrons. The van der Waals surface area contributed by atoms with Crippen LogP contribution in [0.1, 0.15) is 22.3 Å². The van der Waals surface area contributed by atoms with E-state index in [0.717, 1.165) is 28.1 Å². The largest absolute Gasteiger partial charge is 0.321 e. The Kier molecular flexibility index (Phi) is 5.18.